The van der Waals surface area contributed by atoms with Crippen LogP contribution in [0.4, 0.5) is 0 Å². The third-order valence-electron chi connectivity index (χ3n) is 4.34. The van der Waals surface area contributed by atoms with Crippen molar-refractivity contribution >= 4 is 5.97 Å². The molecular weight excluding hydrogens is 296 g/mol. The number of hydrogen-bond donors (Lipinski definition) is 1. The average molecular weight is 337 g/mol. The molecular formula is C22H40O2. The van der Waals surface area contributed by atoms with Crippen molar-refractivity contribution in [2.24, 2.45) is 0 Å². The van der Waals surface area contributed by atoms with Crippen molar-refractivity contribution in [3.8, 4) is 0 Å². The second kappa shape index (κ2) is 20.0. The smallest absolute Gasteiger partial charge is 0.303 e. The molecule has 24 heavy (non-hydrogen) atoms. The molecule has 0 unspecified atom stereocenters. The van der Waals surface area contributed by atoms with Crippen molar-refractivity contribution in [3.63, 3.8) is 0 Å². The summed E-state index contributed by atoms with van der Waals surface area (Å²) >= 11 is 0. The number of rotatable bonds is 18. The van der Waals surface area contributed by atoms with Gasteiger partial charge in [0.15, 0.2) is 0 Å². The molecule has 0 aliphatic heterocycles. The highest BCUT2D eigenvalue weighted by Gasteiger charge is 1.96. The van der Waals surface area contributed by atoms with Gasteiger partial charge in [-0.25, -0.2) is 0 Å². The molecule has 2 nitrogen and oxygen atoms in total. The van der Waals surface area contributed by atoms with Crippen LogP contribution >= 0.6 is 0 Å². The fourth-order valence-electron chi connectivity index (χ4n) is 2.79. The van der Waals surface area contributed by atoms with Crippen LogP contribution < -0.4 is 0 Å². The molecule has 0 rings (SSSR count). The van der Waals surface area contributed by atoms with Gasteiger partial charge in [0.05, 0.1) is 0 Å². The van der Waals surface area contributed by atoms with Gasteiger partial charge in [-0.05, 0) is 38.5 Å². The summed E-state index contributed by atoms with van der Waals surface area (Å²) in [6.07, 6.45) is 28.2. The van der Waals surface area contributed by atoms with E-state index in [2.05, 4.69) is 31.2 Å². The van der Waals surface area contributed by atoms with Crippen LogP contribution in [-0.2, 0) is 4.79 Å². The van der Waals surface area contributed by atoms with Gasteiger partial charge >= 0.3 is 5.97 Å². The Morgan fingerprint density at radius 2 is 1.12 bits per heavy atom. The van der Waals surface area contributed by atoms with Crippen molar-refractivity contribution < 1.29 is 9.90 Å². The number of allylic oxidation sites excluding steroid dienone is 4. The Hall–Kier alpha value is -1.05. The molecule has 0 aliphatic carbocycles. The van der Waals surface area contributed by atoms with Crippen molar-refractivity contribution in [2.75, 3.05) is 0 Å². The largest absolute Gasteiger partial charge is 0.481 e. The molecule has 0 aromatic rings. The fraction of sp³-hybridized carbons (Fsp3) is 0.773. The van der Waals surface area contributed by atoms with Gasteiger partial charge in [0.25, 0.3) is 0 Å². The monoisotopic (exact) mass is 336 g/mol. The van der Waals surface area contributed by atoms with Crippen molar-refractivity contribution in [2.45, 2.75) is 110 Å². The maximum atomic E-state index is 10.4. The number of carboxylic acid groups (broad SMARTS) is 1. The van der Waals surface area contributed by atoms with E-state index in [0.717, 1.165) is 19.3 Å². The molecule has 0 aliphatic rings. The molecule has 1 N–H and O–H groups in total. The second-order valence-electron chi connectivity index (χ2n) is 6.79. The maximum Gasteiger partial charge on any atom is 0.303 e. The quantitative estimate of drug-likeness (QED) is 0.208. The van der Waals surface area contributed by atoms with Crippen molar-refractivity contribution in [3.05, 3.63) is 24.3 Å². The van der Waals surface area contributed by atoms with E-state index < -0.39 is 5.97 Å². The summed E-state index contributed by atoms with van der Waals surface area (Å²) in [5, 5.41) is 8.55. The molecule has 0 saturated heterocycles. The van der Waals surface area contributed by atoms with E-state index in [1.807, 2.05) is 0 Å². The Bertz CT molecular complexity index is 318. The first-order valence-electron chi connectivity index (χ1n) is 10.3. The van der Waals surface area contributed by atoms with E-state index in [-0.39, 0.29) is 0 Å². The Morgan fingerprint density at radius 1 is 0.667 bits per heavy atom. The molecule has 0 aromatic carbocycles. The number of aliphatic carboxylic acids is 1. The molecule has 0 atom stereocenters. The van der Waals surface area contributed by atoms with E-state index >= 15 is 0 Å². The van der Waals surface area contributed by atoms with Crippen LogP contribution in [0, 0.1) is 0 Å². The summed E-state index contributed by atoms with van der Waals surface area (Å²) in [5.41, 5.74) is 0. The minimum Gasteiger partial charge on any atom is -0.481 e. The molecule has 0 fully saturated rings. The number of unbranched alkanes of at least 4 members (excludes halogenated alkanes) is 12. The summed E-state index contributed by atoms with van der Waals surface area (Å²) in [7, 11) is 0. The highest BCUT2D eigenvalue weighted by molar-refractivity contribution is 5.66. The van der Waals surface area contributed by atoms with Gasteiger partial charge in [-0.2, -0.15) is 0 Å². The zero-order chi connectivity index (χ0) is 17.7. The maximum absolute atomic E-state index is 10.4. The third-order valence-corrected chi connectivity index (χ3v) is 4.34. The highest BCUT2D eigenvalue weighted by Crippen LogP contribution is 2.11. The first kappa shape index (κ1) is 22.9. The van der Waals surface area contributed by atoms with Crippen molar-refractivity contribution in [1.82, 2.24) is 0 Å². The zero-order valence-electron chi connectivity index (χ0n) is 16.0. The van der Waals surface area contributed by atoms with Crippen LogP contribution in [0.2, 0.25) is 0 Å². The summed E-state index contributed by atoms with van der Waals surface area (Å²) < 4.78 is 0. The number of carbonyl (C=O) groups is 1. The summed E-state index contributed by atoms with van der Waals surface area (Å²) in [4.78, 5) is 10.4. The molecule has 0 saturated carbocycles. The van der Waals surface area contributed by atoms with Crippen LogP contribution in [0.1, 0.15) is 110 Å². The lowest BCUT2D eigenvalue weighted by atomic mass is 10.1. The summed E-state index contributed by atoms with van der Waals surface area (Å²) in [6, 6.07) is 0. The molecule has 140 valence electrons. The van der Waals surface area contributed by atoms with E-state index in [0.29, 0.717) is 6.42 Å². The van der Waals surface area contributed by atoms with E-state index in [1.54, 1.807) is 0 Å². The molecule has 0 radical (unpaired) electrons. The fourth-order valence-corrected chi connectivity index (χ4v) is 2.79. The molecule has 0 bridgehead atoms. The van der Waals surface area contributed by atoms with Crippen LogP contribution in [0.25, 0.3) is 0 Å². The first-order chi connectivity index (χ1) is 11.8. The van der Waals surface area contributed by atoms with Crippen molar-refractivity contribution in [1.29, 1.82) is 0 Å². The van der Waals surface area contributed by atoms with Gasteiger partial charge in [-0.1, -0.05) is 89.0 Å². The topological polar surface area (TPSA) is 37.3 Å². The number of carboxylic acids is 1. The number of hydrogen-bond acceptors (Lipinski definition) is 1. The van der Waals surface area contributed by atoms with Gasteiger partial charge in [0.1, 0.15) is 0 Å². The minimum atomic E-state index is -0.660. The SMILES string of the molecule is CCCCC/C=C\C/C=C\CCCCCCCCCCCC(=O)O. The lowest BCUT2D eigenvalue weighted by molar-refractivity contribution is -0.137. The third kappa shape index (κ3) is 20.9. The zero-order valence-corrected chi connectivity index (χ0v) is 16.0. The Labute approximate surface area is 150 Å². The Balaban J connectivity index is 3.14. The normalized spacial score (nSPS) is 11.7. The van der Waals surface area contributed by atoms with Crippen LogP contribution in [-0.4, -0.2) is 11.1 Å². The average Bonchev–Trinajstić information content (AvgIpc) is 2.56. The van der Waals surface area contributed by atoms with E-state index in [1.165, 1.54) is 77.0 Å². The van der Waals surface area contributed by atoms with Crippen LogP contribution in [0.3, 0.4) is 0 Å². The minimum absolute atomic E-state index is 0.335. The first-order valence-corrected chi connectivity index (χ1v) is 10.3. The standard InChI is InChI=1S/C22H40O2/c1-2-3-4-5-6-7-8-9-10-11-12-13-14-15-16-17-18-19-20-21-22(23)24/h6-7,9-10H,2-5,8,11-21H2,1H3,(H,23,24)/b7-6-,10-9-. The van der Waals surface area contributed by atoms with Gasteiger partial charge < -0.3 is 5.11 Å². The summed E-state index contributed by atoms with van der Waals surface area (Å²) in [5.74, 6) is -0.660. The van der Waals surface area contributed by atoms with Gasteiger partial charge in [-0.15, -0.1) is 0 Å². The molecule has 0 aromatic heterocycles. The van der Waals surface area contributed by atoms with Crippen LogP contribution in [0.5, 0.6) is 0 Å². The van der Waals surface area contributed by atoms with Gasteiger partial charge in [0, 0.05) is 6.42 Å². The lowest BCUT2D eigenvalue weighted by Gasteiger charge is -2.01. The van der Waals surface area contributed by atoms with E-state index in [4.69, 9.17) is 5.11 Å². The molecule has 0 spiro atoms. The molecule has 2 heteroatoms. The molecule has 0 heterocycles. The van der Waals surface area contributed by atoms with Crippen LogP contribution in [0.15, 0.2) is 24.3 Å². The lowest BCUT2D eigenvalue weighted by Crippen LogP contribution is -1.93. The Morgan fingerprint density at radius 3 is 1.62 bits per heavy atom. The van der Waals surface area contributed by atoms with Gasteiger partial charge in [0.2, 0.25) is 0 Å². The Kier molecular flexibility index (Phi) is 19.1. The highest BCUT2D eigenvalue weighted by atomic mass is 16.4. The summed E-state index contributed by atoms with van der Waals surface area (Å²) in [6.45, 7) is 2.25. The second-order valence-corrected chi connectivity index (χ2v) is 6.79. The van der Waals surface area contributed by atoms with Gasteiger partial charge in [-0.3, -0.25) is 4.79 Å². The molecule has 0 amide bonds. The predicted octanol–water partition coefficient (Wildman–Crippen LogP) is 7.44. The predicted molar refractivity (Wildman–Crippen MR) is 105 cm³/mol. The van der Waals surface area contributed by atoms with E-state index in [9.17, 15) is 4.79 Å².